The van der Waals surface area contributed by atoms with Gasteiger partial charge in [-0.05, 0) is 0 Å². The molecule has 1 fully saturated rings. The Kier molecular flexibility index (Phi) is 6.20. The van der Waals surface area contributed by atoms with Gasteiger partial charge in [0.05, 0.1) is 13.2 Å². The molecule has 4 atom stereocenters. The fourth-order valence-corrected chi connectivity index (χ4v) is 2.07. The highest BCUT2D eigenvalue weighted by atomic mass is 16.6. The minimum absolute atomic E-state index is 0.130. The topological polar surface area (TPSA) is 80.3 Å². The molecule has 0 spiro atoms. The minimum Gasteiger partial charge on any atom is -0.456 e. The van der Waals surface area contributed by atoms with Crippen molar-refractivity contribution in [2.45, 2.75) is 38.3 Å². The summed E-state index contributed by atoms with van der Waals surface area (Å²) in [5.74, 6) is -0.937. The fourth-order valence-electron chi connectivity index (χ4n) is 2.07. The molecule has 7 heteroatoms. The largest absolute Gasteiger partial charge is 0.456 e. The first-order valence-electron chi connectivity index (χ1n) is 5.97. The van der Waals surface area contributed by atoms with E-state index in [2.05, 4.69) is 0 Å². The monoisotopic (exact) mass is 276 g/mol. The van der Waals surface area contributed by atoms with Crippen LogP contribution < -0.4 is 0 Å². The van der Waals surface area contributed by atoms with Crippen molar-refractivity contribution in [1.82, 2.24) is 0 Å². The summed E-state index contributed by atoms with van der Waals surface area (Å²) in [4.78, 5) is 22.2. The van der Waals surface area contributed by atoms with E-state index < -0.39 is 30.3 Å². The first kappa shape index (κ1) is 15.9. The summed E-state index contributed by atoms with van der Waals surface area (Å²) in [7, 11) is 3.01. The molecule has 19 heavy (non-hydrogen) atoms. The summed E-state index contributed by atoms with van der Waals surface area (Å²) in [5, 5.41) is 0. The summed E-state index contributed by atoms with van der Waals surface area (Å²) in [6, 6.07) is 0. The van der Waals surface area contributed by atoms with Gasteiger partial charge in [0.15, 0.2) is 12.2 Å². The Bertz CT molecular complexity index is 317. The Morgan fingerprint density at radius 2 is 1.74 bits per heavy atom. The van der Waals surface area contributed by atoms with Crippen LogP contribution in [0.4, 0.5) is 0 Å². The zero-order valence-electron chi connectivity index (χ0n) is 11.6. The van der Waals surface area contributed by atoms with E-state index >= 15 is 0 Å². The van der Waals surface area contributed by atoms with Crippen molar-refractivity contribution in [2.75, 3.05) is 27.4 Å². The second kappa shape index (κ2) is 7.42. The van der Waals surface area contributed by atoms with Gasteiger partial charge in [-0.2, -0.15) is 0 Å². The summed E-state index contributed by atoms with van der Waals surface area (Å²) in [5.41, 5.74) is 0. The highest BCUT2D eigenvalue weighted by molar-refractivity contribution is 5.67. The van der Waals surface area contributed by atoms with Gasteiger partial charge in [-0.3, -0.25) is 9.59 Å². The number of carbonyl (C=O) groups is 2. The molecule has 110 valence electrons. The summed E-state index contributed by atoms with van der Waals surface area (Å²) in [6.07, 6.45) is -2.33. The Morgan fingerprint density at radius 3 is 2.21 bits per heavy atom. The Labute approximate surface area is 112 Å². The van der Waals surface area contributed by atoms with Gasteiger partial charge in [0.25, 0.3) is 0 Å². The maximum atomic E-state index is 11.2. The van der Waals surface area contributed by atoms with E-state index in [0.29, 0.717) is 6.61 Å². The lowest BCUT2D eigenvalue weighted by molar-refractivity contribution is -0.227. The third-order valence-electron chi connectivity index (χ3n) is 2.75. The average molecular weight is 276 g/mol. The van der Waals surface area contributed by atoms with Crippen molar-refractivity contribution < 1.29 is 33.3 Å². The molecular formula is C12H20O7. The number of rotatable bonds is 5. The molecule has 1 heterocycles. The van der Waals surface area contributed by atoms with Gasteiger partial charge in [0.2, 0.25) is 0 Å². The molecule has 0 aromatic rings. The maximum absolute atomic E-state index is 11.2. The minimum atomic E-state index is -0.708. The van der Waals surface area contributed by atoms with Gasteiger partial charge < -0.3 is 23.7 Å². The summed E-state index contributed by atoms with van der Waals surface area (Å²) in [6.45, 7) is 3.00. The molecule has 1 rings (SSSR count). The zero-order chi connectivity index (χ0) is 14.4. The number of hydrogen-bond acceptors (Lipinski definition) is 7. The highest BCUT2D eigenvalue weighted by Crippen LogP contribution is 2.23. The lowest BCUT2D eigenvalue weighted by Gasteiger charge is -2.40. The van der Waals surface area contributed by atoms with Crippen LogP contribution in [0.25, 0.3) is 0 Å². The molecule has 0 N–H and O–H groups in total. The smallest absolute Gasteiger partial charge is 0.303 e. The van der Waals surface area contributed by atoms with Crippen LogP contribution in [0, 0.1) is 0 Å². The third-order valence-corrected chi connectivity index (χ3v) is 2.75. The molecule has 0 aromatic carbocycles. The van der Waals surface area contributed by atoms with Crippen molar-refractivity contribution in [1.29, 1.82) is 0 Å². The molecule has 0 aromatic heterocycles. The van der Waals surface area contributed by atoms with Gasteiger partial charge in [-0.25, -0.2) is 0 Å². The molecule has 0 aliphatic carbocycles. The van der Waals surface area contributed by atoms with Crippen molar-refractivity contribution >= 4 is 11.9 Å². The van der Waals surface area contributed by atoms with E-state index in [1.54, 1.807) is 0 Å². The predicted molar refractivity (Wildman–Crippen MR) is 63.5 cm³/mol. The molecule has 0 amide bonds. The SMILES string of the molecule is COC[C@@H]1OC[C@H](OC(C)=O)[C@H](OC(C)=O)[C@H]1OC. The number of hydrogen-bond donors (Lipinski definition) is 0. The first-order valence-corrected chi connectivity index (χ1v) is 5.97. The summed E-state index contributed by atoms with van der Waals surface area (Å²) < 4.78 is 26.2. The van der Waals surface area contributed by atoms with Gasteiger partial charge in [0.1, 0.15) is 12.2 Å². The Balaban J connectivity index is 2.84. The van der Waals surface area contributed by atoms with E-state index in [0.717, 1.165) is 0 Å². The van der Waals surface area contributed by atoms with Crippen LogP contribution in [0.5, 0.6) is 0 Å². The Morgan fingerprint density at radius 1 is 1.11 bits per heavy atom. The quantitative estimate of drug-likeness (QED) is 0.649. The standard InChI is InChI=1S/C12H20O7/c1-7(13)18-10-6-17-9(5-15-3)11(16-4)12(10)19-8(2)14/h9-12H,5-6H2,1-4H3/t9-,10-,11-,12-/m0/s1. The number of esters is 2. The number of carbonyl (C=O) groups excluding carboxylic acids is 2. The van der Waals surface area contributed by atoms with Crippen LogP contribution in [-0.4, -0.2) is 63.8 Å². The van der Waals surface area contributed by atoms with Crippen molar-refractivity contribution in [3.8, 4) is 0 Å². The lowest BCUT2D eigenvalue weighted by Crippen LogP contribution is -2.57. The molecule has 0 saturated carbocycles. The van der Waals surface area contributed by atoms with Crippen molar-refractivity contribution in [2.24, 2.45) is 0 Å². The second-order valence-corrected chi connectivity index (χ2v) is 4.25. The van der Waals surface area contributed by atoms with Crippen LogP contribution in [-0.2, 0) is 33.3 Å². The predicted octanol–water partition coefficient (Wildman–Crippen LogP) is -0.0900. The maximum Gasteiger partial charge on any atom is 0.303 e. The average Bonchev–Trinajstić information content (AvgIpc) is 2.32. The van der Waals surface area contributed by atoms with E-state index in [9.17, 15) is 9.59 Å². The number of methoxy groups -OCH3 is 2. The van der Waals surface area contributed by atoms with Crippen LogP contribution in [0.15, 0.2) is 0 Å². The normalized spacial score (nSPS) is 30.7. The van der Waals surface area contributed by atoms with E-state index in [-0.39, 0.29) is 12.7 Å². The molecule has 0 unspecified atom stereocenters. The Hall–Kier alpha value is -1.18. The molecule has 1 aliphatic rings. The molecule has 0 bridgehead atoms. The molecule has 7 nitrogen and oxygen atoms in total. The fraction of sp³-hybridized carbons (Fsp3) is 0.833. The van der Waals surface area contributed by atoms with Crippen LogP contribution in [0.2, 0.25) is 0 Å². The van der Waals surface area contributed by atoms with Gasteiger partial charge in [-0.15, -0.1) is 0 Å². The van der Waals surface area contributed by atoms with Crippen LogP contribution >= 0.6 is 0 Å². The summed E-state index contributed by atoms with van der Waals surface area (Å²) >= 11 is 0. The molecular weight excluding hydrogens is 256 g/mol. The van der Waals surface area contributed by atoms with Gasteiger partial charge in [-0.1, -0.05) is 0 Å². The molecule has 0 radical (unpaired) electrons. The van der Waals surface area contributed by atoms with Crippen molar-refractivity contribution in [3.05, 3.63) is 0 Å². The van der Waals surface area contributed by atoms with E-state index in [1.807, 2.05) is 0 Å². The second-order valence-electron chi connectivity index (χ2n) is 4.25. The van der Waals surface area contributed by atoms with Crippen molar-refractivity contribution in [3.63, 3.8) is 0 Å². The van der Waals surface area contributed by atoms with Gasteiger partial charge >= 0.3 is 11.9 Å². The third kappa shape index (κ3) is 4.45. The molecule has 1 saturated heterocycles. The molecule has 1 aliphatic heterocycles. The van der Waals surface area contributed by atoms with Gasteiger partial charge in [0, 0.05) is 28.1 Å². The lowest BCUT2D eigenvalue weighted by atomic mass is 9.99. The van der Waals surface area contributed by atoms with E-state index in [1.165, 1.54) is 28.1 Å². The van der Waals surface area contributed by atoms with E-state index in [4.69, 9.17) is 23.7 Å². The highest BCUT2D eigenvalue weighted by Gasteiger charge is 2.44. The first-order chi connectivity index (χ1) is 8.99. The number of ether oxygens (including phenoxy) is 5. The van der Waals surface area contributed by atoms with Crippen LogP contribution in [0.3, 0.4) is 0 Å². The van der Waals surface area contributed by atoms with Crippen LogP contribution in [0.1, 0.15) is 13.8 Å². The zero-order valence-corrected chi connectivity index (χ0v) is 11.6.